The van der Waals surface area contributed by atoms with Gasteiger partial charge in [-0.1, -0.05) is 36.4 Å². The van der Waals surface area contributed by atoms with Crippen LogP contribution in [-0.2, 0) is 17.1 Å². The molecular formula is C19H20N4OS. The number of hydrogen-bond donors (Lipinski definition) is 1. The van der Waals surface area contributed by atoms with Gasteiger partial charge in [-0.3, -0.25) is 14.5 Å². The molecule has 0 saturated heterocycles. The van der Waals surface area contributed by atoms with E-state index in [0.29, 0.717) is 18.8 Å². The van der Waals surface area contributed by atoms with Crippen molar-refractivity contribution in [1.82, 2.24) is 20.1 Å². The third-order valence-corrected chi connectivity index (χ3v) is 4.58. The number of benzene rings is 1. The number of nitrogens with zero attached hydrogens (tertiary/aromatic N) is 3. The molecule has 0 unspecified atom stereocenters. The number of amides is 1. The molecule has 0 fully saturated rings. The maximum absolute atomic E-state index is 11.9. The van der Waals surface area contributed by atoms with Gasteiger partial charge in [0, 0.05) is 24.7 Å². The second-order valence-corrected chi connectivity index (χ2v) is 6.49. The Hall–Kier alpha value is -2.60. The Balaban J connectivity index is 1.36. The number of nitrogens with one attached hydrogen (secondary N) is 1. The largest absolute Gasteiger partial charge is 0.354 e. The van der Waals surface area contributed by atoms with E-state index >= 15 is 0 Å². The summed E-state index contributed by atoms with van der Waals surface area (Å²) in [4.78, 5) is 16.2. The molecule has 128 valence electrons. The van der Waals surface area contributed by atoms with E-state index in [2.05, 4.69) is 27.5 Å². The summed E-state index contributed by atoms with van der Waals surface area (Å²) in [6, 6.07) is 17.8. The van der Waals surface area contributed by atoms with E-state index < -0.39 is 0 Å². The van der Waals surface area contributed by atoms with Crippen molar-refractivity contribution < 1.29 is 4.79 Å². The van der Waals surface area contributed by atoms with E-state index in [1.165, 1.54) is 5.56 Å². The molecule has 0 spiro atoms. The summed E-state index contributed by atoms with van der Waals surface area (Å²) in [7, 11) is 0. The molecule has 2 heterocycles. The first-order valence-corrected chi connectivity index (χ1v) is 9.30. The van der Waals surface area contributed by atoms with Crippen LogP contribution in [0.1, 0.15) is 5.56 Å². The molecule has 0 aliphatic rings. The zero-order valence-corrected chi connectivity index (χ0v) is 14.7. The Kier molecular flexibility index (Phi) is 6.23. The first-order valence-electron chi connectivity index (χ1n) is 8.14. The van der Waals surface area contributed by atoms with Crippen LogP contribution in [0.25, 0.3) is 11.4 Å². The lowest BCUT2D eigenvalue weighted by Crippen LogP contribution is -2.28. The molecule has 5 nitrogen and oxygen atoms in total. The third-order valence-electron chi connectivity index (χ3n) is 3.58. The predicted octanol–water partition coefficient (Wildman–Crippen LogP) is 2.99. The number of aromatic nitrogens is 3. The maximum atomic E-state index is 11.9. The van der Waals surface area contributed by atoms with Crippen molar-refractivity contribution >= 4 is 17.7 Å². The minimum absolute atomic E-state index is 0.0537. The van der Waals surface area contributed by atoms with Crippen molar-refractivity contribution in [2.45, 2.75) is 12.3 Å². The Morgan fingerprint density at radius 2 is 1.88 bits per heavy atom. The normalized spacial score (nSPS) is 10.6. The first-order chi connectivity index (χ1) is 12.3. The second-order valence-electron chi connectivity index (χ2n) is 5.51. The van der Waals surface area contributed by atoms with E-state index in [-0.39, 0.29) is 5.91 Å². The number of carbonyl (C=O) groups excluding carboxylic acids is 1. The van der Waals surface area contributed by atoms with Crippen molar-refractivity contribution in [3.05, 3.63) is 72.6 Å². The molecule has 1 amide bonds. The summed E-state index contributed by atoms with van der Waals surface area (Å²) in [6.45, 7) is 1.20. The molecule has 0 saturated carbocycles. The fourth-order valence-corrected chi connectivity index (χ4v) is 3.15. The van der Waals surface area contributed by atoms with Crippen LogP contribution in [-0.4, -0.2) is 33.0 Å². The monoisotopic (exact) mass is 352 g/mol. The summed E-state index contributed by atoms with van der Waals surface area (Å²) in [5, 5.41) is 7.41. The van der Waals surface area contributed by atoms with Gasteiger partial charge in [0.25, 0.3) is 0 Å². The van der Waals surface area contributed by atoms with Gasteiger partial charge < -0.3 is 5.32 Å². The number of pyridine rings is 1. The Morgan fingerprint density at radius 1 is 1.04 bits per heavy atom. The maximum Gasteiger partial charge on any atom is 0.230 e. The van der Waals surface area contributed by atoms with Crippen molar-refractivity contribution in [2.75, 3.05) is 12.3 Å². The van der Waals surface area contributed by atoms with E-state index in [9.17, 15) is 4.79 Å². The van der Waals surface area contributed by atoms with Gasteiger partial charge in [-0.25, -0.2) is 0 Å². The molecule has 3 aromatic rings. The first kappa shape index (κ1) is 17.2. The van der Waals surface area contributed by atoms with Crippen molar-refractivity contribution in [2.24, 2.45) is 0 Å². The van der Waals surface area contributed by atoms with Gasteiger partial charge in [-0.15, -0.1) is 11.8 Å². The molecule has 3 rings (SSSR count). The number of carbonyl (C=O) groups is 1. The van der Waals surface area contributed by atoms with Crippen LogP contribution in [0.2, 0.25) is 0 Å². The van der Waals surface area contributed by atoms with Crippen LogP contribution in [0.4, 0.5) is 0 Å². The van der Waals surface area contributed by atoms with Gasteiger partial charge in [-0.2, -0.15) is 5.10 Å². The lowest BCUT2D eigenvalue weighted by Gasteiger charge is -2.06. The molecular weight excluding hydrogens is 332 g/mol. The molecule has 0 bridgehead atoms. The fourth-order valence-electron chi connectivity index (χ4n) is 2.33. The summed E-state index contributed by atoms with van der Waals surface area (Å²) in [5.41, 5.74) is 2.92. The molecule has 6 heteroatoms. The van der Waals surface area contributed by atoms with Crippen molar-refractivity contribution in [3.63, 3.8) is 0 Å². The van der Waals surface area contributed by atoms with E-state index in [0.717, 1.165) is 17.1 Å². The highest BCUT2D eigenvalue weighted by Crippen LogP contribution is 2.13. The number of hydrogen-bond acceptors (Lipinski definition) is 4. The third kappa shape index (κ3) is 5.46. The van der Waals surface area contributed by atoms with Gasteiger partial charge >= 0.3 is 0 Å². The quantitative estimate of drug-likeness (QED) is 0.677. The van der Waals surface area contributed by atoms with Crippen LogP contribution < -0.4 is 5.32 Å². The number of thioether (sulfide) groups is 1. The van der Waals surface area contributed by atoms with Gasteiger partial charge in [-0.05, 0) is 23.8 Å². The minimum atomic E-state index is 0.0537. The summed E-state index contributed by atoms with van der Waals surface area (Å²) < 4.78 is 1.82. The summed E-state index contributed by atoms with van der Waals surface area (Å²) in [6.07, 6.45) is 3.65. The van der Waals surface area contributed by atoms with Crippen molar-refractivity contribution in [1.29, 1.82) is 0 Å². The number of rotatable bonds is 8. The highest BCUT2D eigenvalue weighted by molar-refractivity contribution is 7.99. The van der Waals surface area contributed by atoms with Gasteiger partial charge in [0.05, 0.1) is 18.0 Å². The second kappa shape index (κ2) is 9.03. The molecule has 25 heavy (non-hydrogen) atoms. The standard InChI is InChI=1S/C19H20N4OS/c24-19(15-25-14-16-6-2-1-3-7-16)21-11-13-23-12-9-18(22-23)17-8-4-5-10-20-17/h1-10,12H,11,13-15H2,(H,21,24). The van der Waals surface area contributed by atoms with E-state index in [1.807, 2.05) is 53.3 Å². The molecule has 2 aromatic heterocycles. The average molecular weight is 352 g/mol. The summed E-state index contributed by atoms with van der Waals surface area (Å²) in [5.74, 6) is 1.37. The smallest absolute Gasteiger partial charge is 0.230 e. The Morgan fingerprint density at radius 3 is 2.68 bits per heavy atom. The zero-order chi connectivity index (χ0) is 17.3. The Labute approximate surface area is 151 Å². The van der Waals surface area contributed by atoms with Crippen LogP contribution in [0, 0.1) is 0 Å². The minimum Gasteiger partial charge on any atom is -0.354 e. The van der Waals surface area contributed by atoms with Crippen LogP contribution >= 0.6 is 11.8 Å². The zero-order valence-electron chi connectivity index (χ0n) is 13.8. The SMILES string of the molecule is O=C(CSCc1ccccc1)NCCn1ccc(-c2ccccn2)n1. The lowest BCUT2D eigenvalue weighted by atomic mass is 10.2. The van der Waals surface area contributed by atoms with Crippen molar-refractivity contribution in [3.8, 4) is 11.4 Å². The van der Waals surface area contributed by atoms with E-state index in [1.54, 1.807) is 18.0 Å². The average Bonchev–Trinajstić information content (AvgIpc) is 3.12. The molecule has 0 aliphatic carbocycles. The van der Waals surface area contributed by atoms with E-state index in [4.69, 9.17) is 0 Å². The van der Waals surface area contributed by atoms with Crippen LogP contribution in [0.5, 0.6) is 0 Å². The van der Waals surface area contributed by atoms with Crippen LogP contribution in [0.3, 0.4) is 0 Å². The van der Waals surface area contributed by atoms with Gasteiger partial charge in [0.15, 0.2) is 0 Å². The molecule has 0 radical (unpaired) electrons. The van der Waals surface area contributed by atoms with Gasteiger partial charge in [0.2, 0.25) is 5.91 Å². The summed E-state index contributed by atoms with van der Waals surface area (Å²) >= 11 is 1.62. The lowest BCUT2D eigenvalue weighted by molar-refractivity contribution is -0.118. The van der Waals surface area contributed by atoms with Gasteiger partial charge in [0.1, 0.15) is 5.69 Å². The highest BCUT2D eigenvalue weighted by atomic mass is 32.2. The topological polar surface area (TPSA) is 59.8 Å². The molecule has 0 atom stereocenters. The Bertz CT molecular complexity index is 789. The fraction of sp³-hybridized carbons (Fsp3) is 0.211. The van der Waals surface area contributed by atoms with Crippen LogP contribution in [0.15, 0.2) is 67.0 Å². The molecule has 1 aromatic carbocycles. The highest BCUT2D eigenvalue weighted by Gasteiger charge is 2.04. The predicted molar refractivity (Wildman–Crippen MR) is 101 cm³/mol. The molecule has 0 aliphatic heterocycles. The molecule has 1 N–H and O–H groups in total.